The summed E-state index contributed by atoms with van der Waals surface area (Å²) in [5.41, 5.74) is 0.460. The lowest BCUT2D eigenvalue weighted by Gasteiger charge is -2.54. The van der Waals surface area contributed by atoms with Crippen LogP contribution in [0.15, 0.2) is 42.5 Å². The second kappa shape index (κ2) is 7.47. The molecular formula is C22H21N5O6. The van der Waals surface area contributed by atoms with Gasteiger partial charge in [-0.1, -0.05) is 0 Å². The minimum atomic E-state index is -1.61. The van der Waals surface area contributed by atoms with Gasteiger partial charge in [-0.2, -0.15) is 0 Å². The lowest BCUT2D eigenvalue weighted by atomic mass is 9.68. The summed E-state index contributed by atoms with van der Waals surface area (Å²) >= 11 is 0. The van der Waals surface area contributed by atoms with Crippen LogP contribution in [-0.4, -0.2) is 55.6 Å². The molecule has 3 aliphatic heterocycles. The molecule has 0 bridgehead atoms. The van der Waals surface area contributed by atoms with E-state index in [4.69, 9.17) is 4.74 Å². The molecule has 11 nitrogen and oxygen atoms in total. The van der Waals surface area contributed by atoms with Crippen molar-refractivity contribution in [3.63, 3.8) is 0 Å². The molecule has 3 aliphatic rings. The molecule has 0 radical (unpaired) electrons. The van der Waals surface area contributed by atoms with Gasteiger partial charge in [-0.25, -0.2) is 4.79 Å². The SMILES string of the molecule is COc1ccc(N2CCN3c4ccc([N+](=O)[O-])cc4CC4(C(=O)NC(=O)NC4=O)C3C2)cc1. The number of rotatable bonds is 3. The number of carbonyl (C=O) groups excluding carboxylic acids is 3. The maximum absolute atomic E-state index is 13.2. The van der Waals surface area contributed by atoms with E-state index in [2.05, 4.69) is 15.5 Å². The number of nitro groups is 1. The highest BCUT2D eigenvalue weighted by Crippen LogP contribution is 2.45. The number of piperazine rings is 1. The summed E-state index contributed by atoms with van der Waals surface area (Å²) in [6.07, 6.45) is -0.0490. The van der Waals surface area contributed by atoms with Crippen molar-refractivity contribution in [1.82, 2.24) is 10.6 Å². The zero-order valence-corrected chi connectivity index (χ0v) is 17.7. The number of anilines is 2. The van der Waals surface area contributed by atoms with Crippen LogP contribution in [-0.2, 0) is 16.0 Å². The highest BCUT2D eigenvalue weighted by atomic mass is 16.6. The van der Waals surface area contributed by atoms with E-state index < -0.39 is 34.2 Å². The van der Waals surface area contributed by atoms with Crippen LogP contribution in [0, 0.1) is 15.5 Å². The molecule has 5 rings (SSSR count). The number of ether oxygens (including phenoxy) is 1. The second-order valence-corrected chi connectivity index (χ2v) is 8.31. The van der Waals surface area contributed by atoms with Gasteiger partial charge in [0.25, 0.3) is 5.69 Å². The normalized spacial score (nSPS) is 21.1. The highest BCUT2D eigenvalue weighted by Gasteiger charge is 2.61. The summed E-state index contributed by atoms with van der Waals surface area (Å²) < 4.78 is 5.22. The Balaban J connectivity index is 1.59. The van der Waals surface area contributed by atoms with Gasteiger partial charge in [0.05, 0.1) is 18.1 Å². The van der Waals surface area contributed by atoms with Crippen molar-refractivity contribution in [3.05, 3.63) is 58.1 Å². The minimum absolute atomic E-state index is 0.0490. The maximum atomic E-state index is 13.2. The van der Waals surface area contributed by atoms with Gasteiger partial charge in [-0.05, 0) is 35.9 Å². The van der Waals surface area contributed by atoms with Crippen molar-refractivity contribution in [1.29, 1.82) is 0 Å². The zero-order valence-electron chi connectivity index (χ0n) is 17.7. The van der Waals surface area contributed by atoms with Gasteiger partial charge in [-0.15, -0.1) is 0 Å². The van der Waals surface area contributed by atoms with Crippen LogP contribution >= 0.6 is 0 Å². The number of carbonyl (C=O) groups is 3. The van der Waals surface area contributed by atoms with Crippen LogP contribution in [0.3, 0.4) is 0 Å². The third-order valence-corrected chi connectivity index (χ3v) is 6.70. The predicted octanol–water partition coefficient (Wildman–Crippen LogP) is 1.21. The van der Waals surface area contributed by atoms with Crippen molar-refractivity contribution in [2.45, 2.75) is 12.5 Å². The lowest BCUT2D eigenvalue weighted by Crippen LogP contribution is -2.74. The van der Waals surface area contributed by atoms with E-state index in [0.29, 0.717) is 30.9 Å². The van der Waals surface area contributed by atoms with Crippen molar-refractivity contribution in [2.24, 2.45) is 5.41 Å². The average molecular weight is 451 g/mol. The number of fused-ring (bicyclic) bond motifs is 4. The van der Waals surface area contributed by atoms with Crippen LogP contribution in [0.5, 0.6) is 5.75 Å². The summed E-state index contributed by atoms with van der Waals surface area (Å²) in [5.74, 6) is -0.674. The number of benzene rings is 2. The molecule has 2 fully saturated rings. The first-order chi connectivity index (χ1) is 15.8. The number of barbiturate groups is 1. The molecule has 2 aromatic carbocycles. The monoisotopic (exact) mass is 451 g/mol. The van der Waals surface area contributed by atoms with E-state index in [0.717, 1.165) is 11.4 Å². The molecule has 33 heavy (non-hydrogen) atoms. The molecule has 0 saturated carbocycles. The molecule has 2 aromatic rings. The van der Waals surface area contributed by atoms with Crippen LogP contribution < -0.4 is 25.2 Å². The van der Waals surface area contributed by atoms with Gasteiger partial charge >= 0.3 is 6.03 Å². The van der Waals surface area contributed by atoms with E-state index in [1.54, 1.807) is 13.2 Å². The smallest absolute Gasteiger partial charge is 0.328 e. The molecule has 170 valence electrons. The average Bonchev–Trinajstić information content (AvgIpc) is 2.81. The van der Waals surface area contributed by atoms with E-state index in [-0.39, 0.29) is 12.1 Å². The van der Waals surface area contributed by atoms with E-state index in [1.165, 1.54) is 12.1 Å². The Bertz CT molecular complexity index is 1160. The fraction of sp³-hybridized carbons (Fsp3) is 0.318. The molecule has 2 N–H and O–H groups in total. The first-order valence-corrected chi connectivity index (χ1v) is 10.4. The Labute approximate surface area is 188 Å². The van der Waals surface area contributed by atoms with Gasteiger partial charge in [0, 0.05) is 49.6 Å². The van der Waals surface area contributed by atoms with Gasteiger partial charge in [0.2, 0.25) is 11.8 Å². The highest BCUT2D eigenvalue weighted by molar-refractivity contribution is 6.20. The van der Waals surface area contributed by atoms with Crippen LogP contribution in [0.25, 0.3) is 0 Å². The number of non-ortho nitro benzene ring substituents is 1. The predicted molar refractivity (Wildman–Crippen MR) is 117 cm³/mol. The number of imide groups is 2. The third-order valence-electron chi connectivity index (χ3n) is 6.70. The third kappa shape index (κ3) is 3.15. The Kier molecular flexibility index (Phi) is 4.69. The van der Waals surface area contributed by atoms with Crippen molar-refractivity contribution in [3.8, 4) is 5.75 Å². The largest absolute Gasteiger partial charge is 0.497 e. The number of nitro benzene ring substituents is 1. The molecule has 11 heteroatoms. The van der Waals surface area contributed by atoms with Crippen molar-refractivity contribution < 1.29 is 24.0 Å². The standard InChI is InChI=1S/C22H21N5O6/c1-33-16-5-2-14(3-6-16)25-8-9-26-17-7-4-15(27(31)32)10-13(17)11-22(18(26)12-25)19(28)23-21(30)24-20(22)29/h2-7,10,18H,8-9,11-12H2,1H3,(H2,23,24,28,29,30). The number of methoxy groups -OCH3 is 1. The summed E-state index contributed by atoms with van der Waals surface area (Å²) in [6, 6.07) is 10.5. The summed E-state index contributed by atoms with van der Waals surface area (Å²) in [7, 11) is 1.59. The van der Waals surface area contributed by atoms with Crippen LogP contribution in [0.4, 0.5) is 21.9 Å². The number of nitrogens with zero attached hydrogens (tertiary/aromatic N) is 3. The maximum Gasteiger partial charge on any atom is 0.328 e. The zero-order chi connectivity index (χ0) is 23.3. The Morgan fingerprint density at radius 2 is 1.76 bits per heavy atom. The molecular weight excluding hydrogens is 430 g/mol. The molecule has 0 aliphatic carbocycles. The van der Waals surface area contributed by atoms with Crippen molar-refractivity contribution >= 4 is 34.9 Å². The van der Waals surface area contributed by atoms with E-state index >= 15 is 0 Å². The van der Waals surface area contributed by atoms with Gasteiger partial charge in [0.15, 0.2) is 5.41 Å². The molecule has 1 unspecified atom stereocenters. The molecule has 1 atom stereocenters. The van der Waals surface area contributed by atoms with E-state index in [1.807, 2.05) is 29.2 Å². The summed E-state index contributed by atoms with van der Waals surface area (Å²) in [6.45, 7) is 1.44. The van der Waals surface area contributed by atoms with Crippen LogP contribution in [0.2, 0.25) is 0 Å². The molecule has 4 amide bonds. The molecule has 3 heterocycles. The quantitative estimate of drug-likeness (QED) is 0.404. The topological polar surface area (TPSA) is 134 Å². The van der Waals surface area contributed by atoms with Gasteiger partial charge in [-0.3, -0.25) is 30.3 Å². The number of urea groups is 1. The Morgan fingerprint density at radius 3 is 2.39 bits per heavy atom. The Morgan fingerprint density at radius 1 is 1.06 bits per heavy atom. The van der Waals surface area contributed by atoms with Crippen LogP contribution in [0.1, 0.15) is 5.56 Å². The molecule has 0 aromatic heterocycles. The first-order valence-electron chi connectivity index (χ1n) is 10.4. The number of hydrogen-bond acceptors (Lipinski definition) is 8. The van der Waals surface area contributed by atoms with Gasteiger partial charge < -0.3 is 14.5 Å². The lowest BCUT2D eigenvalue weighted by molar-refractivity contribution is -0.384. The summed E-state index contributed by atoms with van der Waals surface area (Å²) in [4.78, 5) is 53.1. The fourth-order valence-electron chi connectivity index (χ4n) is 5.07. The second-order valence-electron chi connectivity index (χ2n) is 8.31. The fourth-order valence-corrected chi connectivity index (χ4v) is 5.07. The van der Waals surface area contributed by atoms with Crippen molar-refractivity contribution in [2.75, 3.05) is 36.5 Å². The number of hydrogen-bond donors (Lipinski definition) is 2. The minimum Gasteiger partial charge on any atom is -0.497 e. The summed E-state index contributed by atoms with van der Waals surface area (Å²) in [5, 5.41) is 15.8. The number of nitrogens with one attached hydrogen (secondary N) is 2. The Hall–Kier alpha value is -4.15. The molecule has 2 saturated heterocycles. The first kappa shape index (κ1) is 20.7. The van der Waals surface area contributed by atoms with Gasteiger partial charge in [0.1, 0.15) is 5.75 Å². The van der Waals surface area contributed by atoms with E-state index in [9.17, 15) is 24.5 Å². The molecule has 1 spiro atoms. The number of amides is 4.